The average molecular weight is 280 g/mol. The van der Waals surface area contributed by atoms with Gasteiger partial charge in [0.1, 0.15) is 0 Å². The second kappa shape index (κ2) is 6.10. The van der Waals surface area contributed by atoms with E-state index in [1.807, 2.05) is 54.4 Å². The van der Waals surface area contributed by atoms with Gasteiger partial charge in [-0.05, 0) is 36.2 Å². The van der Waals surface area contributed by atoms with E-state index in [-0.39, 0.29) is 5.91 Å². The number of hydrogen-bond donors (Lipinski definition) is 1. The lowest BCUT2D eigenvalue weighted by Gasteiger charge is -2.23. The summed E-state index contributed by atoms with van der Waals surface area (Å²) in [6, 6.07) is 18.4. The zero-order chi connectivity index (χ0) is 14.7. The van der Waals surface area contributed by atoms with E-state index >= 15 is 0 Å². The van der Waals surface area contributed by atoms with Crippen LogP contribution in [0, 0.1) is 0 Å². The van der Waals surface area contributed by atoms with Crippen LogP contribution in [-0.4, -0.2) is 37.0 Å². The van der Waals surface area contributed by atoms with Crippen molar-refractivity contribution >= 4 is 5.91 Å². The standard InChI is InChI=1S/C18H20N2O/c1-20(17-11-12-19-13-17)18(21)16-9-7-15(8-10-16)14-5-3-2-4-6-14/h2-10,17,19H,11-13H2,1H3/t17-/m0/s1. The Morgan fingerprint density at radius 1 is 1.05 bits per heavy atom. The lowest BCUT2D eigenvalue weighted by atomic mass is 10.0. The second-order valence-electron chi connectivity index (χ2n) is 5.51. The van der Waals surface area contributed by atoms with E-state index in [4.69, 9.17) is 0 Å². The van der Waals surface area contributed by atoms with Gasteiger partial charge < -0.3 is 10.2 Å². The van der Waals surface area contributed by atoms with Crippen molar-refractivity contribution in [2.45, 2.75) is 12.5 Å². The molecule has 0 bridgehead atoms. The van der Waals surface area contributed by atoms with Gasteiger partial charge in [0.15, 0.2) is 0 Å². The van der Waals surface area contributed by atoms with Crippen molar-refractivity contribution < 1.29 is 4.79 Å². The maximum absolute atomic E-state index is 12.5. The van der Waals surface area contributed by atoms with E-state index in [2.05, 4.69) is 17.4 Å². The van der Waals surface area contributed by atoms with Gasteiger partial charge in [-0.15, -0.1) is 0 Å². The SMILES string of the molecule is CN(C(=O)c1ccc(-c2ccccc2)cc1)[C@H]1CCNC1. The molecule has 108 valence electrons. The minimum atomic E-state index is 0.100. The predicted octanol–water partition coefficient (Wildman–Crippen LogP) is 2.79. The third-order valence-electron chi connectivity index (χ3n) is 4.14. The molecule has 1 atom stereocenters. The van der Waals surface area contributed by atoms with Crippen LogP contribution in [0.4, 0.5) is 0 Å². The highest BCUT2D eigenvalue weighted by molar-refractivity contribution is 5.94. The van der Waals surface area contributed by atoms with Crippen LogP contribution in [0.25, 0.3) is 11.1 Å². The zero-order valence-corrected chi connectivity index (χ0v) is 12.3. The first-order valence-corrected chi connectivity index (χ1v) is 7.39. The van der Waals surface area contributed by atoms with Gasteiger partial charge in [0.05, 0.1) is 0 Å². The molecule has 0 unspecified atom stereocenters. The van der Waals surface area contributed by atoms with Crippen LogP contribution >= 0.6 is 0 Å². The highest BCUT2D eigenvalue weighted by atomic mass is 16.2. The van der Waals surface area contributed by atoms with Gasteiger partial charge in [0.25, 0.3) is 5.91 Å². The third-order valence-corrected chi connectivity index (χ3v) is 4.14. The lowest BCUT2D eigenvalue weighted by molar-refractivity contribution is 0.0744. The number of amides is 1. The molecule has 3 nitrogen and oxygen atoms in total. The number of hydrogen-bond acceptors (Lipinski definition) is 2. The van der Waals surface area contributed by atoms with E-state index < -0.39 is 0 Å². The fourth-order valence-corrected chi connectivity index (χ4v) is 2.78. The minimum Gasteiger partial charge on any atom is -0.337 e. The summed E-state index contributed by atoms with van der Waals surface area (Å²) in [6.45, 7) is 1.89. The summed E-state index contributed by atoms with van der Waals surface area (Å²) >= 11 is 0. The lowest BCUT2D eigenvalue weighted by Crippen LogP contribution is -2.38. The van der Waals surface area contributed by atoms with E-state index in [0.29, 0.717) is 6.04 Å². The van der Waals surface area contributed by atoms with Gasteiger partial charge in [-0.1, -0.05) is 42.5 Å². The summed E-state index contributed by atoms with van der Waals surface area (Å²) in [5.74, 6) is 0.100. The van der Waals surface area contributed by atoms with Crippen molar-refractivity contribution in [1.82, 2.24) is 10.2 Å². The molecule has 1 amide bonds. The third kappa shape index (κ3) is 2.98. The summed E-state index contributed by atoms with van der Waals surface area (Å²) in [5.41, 5.74) is 3.06. The summed E-state index contributed by atoms with van der Waals surface area (Å²) < 4.78 is 0. The predicted molar refractivity (Wildman–Crippen MR) is 85.2 cm³/mol. The van der Waals surface area contributed by atoms with Gasteiger partial charge >= 0.3 is 0 Å². The normalized spacial score (nSPS) is 17.7. The number of rotatable bonds is 3. The topological polar surface area (TPSA) is 32.3 Å². The molecule has 1 aliphatic rings. The molecule has 1 aliphatic heterocycles. The molecule has 0 saturated carbocycles. The van der Waals surface area contributed by atoms with Crippen LogP contribution in [0.5, 0.6) is 0 Å². The van der Waals surface area contributed by atoms with E-state index in [1.165, 1.54) is 5.56 Å². The largest absolute Gasteiger partial charge is 0.337 e. The van der Waals surface area contributed by atoms with E-state index in [0.717, 1.165) is 30.6 Å². The van der Waals surface area contributed by atoms with Gasteiger partial charge in [-0.2, -0.15) is 0 Å². The number of nitrogens with zero attached hydrogens (tertiary/aromatic N) is 1. The van der Waals surface area contributed by atoms with Gasteiger partial charge in [0.2, 0.25) is 0 Å². The smallest absolute Gasteiger partial charge is 0.253 e. The molecule has 21 heavy (non-hydrogen) atoms. The van der Waals surface area contributed by atoms with Crippen molar-refractivity contribution in [1.29, 1.82) is 0 Å². The van der Waals surface area contributed by atoms with E-state index in [9.17, 15) is 4.79 Å². The molecule has 1 N–H and O–H groups in total. The van der Waals surface area contributed by atoms with Crippen molar-refractivity contribution in [3.63, 3.8) is 0 Å². The summed E-state index contributed by atoms with van der Waals surface area (Å²) in [4.78, 5) is 14.3. The highest BCUT2D eigenvalue weighted by Gasteiger charge is 2.23. The summed E-state index contributed by atoms with van der Waals surface area (Å²) in [6.07, 6.45) is 1.03. The molecule has 2 aromatic rings. The van der Waals surface area contributed by atoms with E-state index in [1.54, 1.807) is 0 Å². The molecular formula is C18H20N2O. The molecule has 0 radical (unpaired) electrons. The van der Waals surface area contributed by atoms with Crippen molar-refractivity contribution in [2.24, 2.45) is 0 Å². The number of carbonyl (C=O) groups excluding carboxylic acids is 1. The average Bonchev–Trinajstić information content (AvgIpc) is 3.09. The number of carbonyl (C=O) groups is 1. The molecule has 1 fully saturated rings. The Bertz CT molecular complexity index is 601. The van der Waals surface area contributed by atoms with Crippen LogP contribution < -0.4 is 5.32 Å². The molecule has 1 saturated heterocycles. The molecule has 0 spiro atoms. The Morgan fingerprint density at radius 3 is 2.33 bits per heavy atom. The Balaban J connectivity index is 1.76. The van der Waals surface area contributed by atoms with Crippen molar-refractivity contribution in [3.05, 3.63) is 60.2 Å². The first-order chi connectivity index (χ1) is 10.3. The van der Waals surface area contributed by atoms with Gasteiger partial charge in [0, 0.05) is 25.2 Å². The Morgan fingerprint density at radius 2 is 1.71 bits per heavy atom. The number of nitrogens with one attached hydrogen (secondary N) is 1. The molecule has 0 aliphatic carbocycles. The Kier molecular flexibility index (Phi) is 4.02. The molecule has 2 aromatic carbocycles. The van der Waals surface area contributed by atoms with Gasteiger partial charge in [-0.3, -0.25) is 4.79 Å². The van der Waals surface area contributed by atoms with Crippen LogP contribution in [0.2, 0.25) is 0 Å². The molecular weight excluding hydrogens is 260 g/mol. The number of benzene rings is 2. The maximum atomic E-state index is 12.5. The van der Waals surface area contributed by atoms with Crippen molar-refractivity contribution in [2.75, 3.05) is 20.1 Å². The van der Waals surface area contributed by atoms with Crippen LogP contribution in [0.15, 0.2) is 54.6 Å². The molecule has 0 aromatic heterocycles. The maximum Gasteiger partial charge on any atom is 0.253 e. The monoisotopic (exact) mass is 280 g/mol. The molecule has 1 heterocycles. The van der Waals surface area contributed by atoms with Crippen LogP contribution in [-0.2, 0) is 0 Å². The highest BCUT2D eigenvalue weighted by Crippen LogP contribution is 2.20. The van der Waals surface area contributed by atoms with Crippen LogP contribution in [0.3, 0.4) is 0 Å². The fourth-order valence-electron chi connectivity index (χ4n) is 2.78. The zero-order valence-electron chi connectivity index (χ0n) is 12.3. The quantitative estimate of drug-likeness (QED) is 0.937. The molecule has 3 rings (SSSR count). The van der Waals surface area contributed by atoms with Gasteiger partial charge in [-0.25, -0.2) is 0 Å². The molecule has 3 heteroatoms. The minimum absolute atomic E-state index is 0.100. The first kappa shape index (κ1) is 13.8. The fraction of sp³-hybridized carbons (Fsp3) is 0.278. The van der Waals surface area contributed by atoms with Crippen LogP contribution in [0.1, 0.15) is 16.8 Å². The second-order valence-corrected chi connectivity index (χ2v) is 5.51. The number of likely N-dealkylation sites (N-methyl/N-ethyl adjacent to an activating group) is 1. The first-order valence-electron chi connectivity index (χ1n) is 7.39. The Hall–Kier alpha value is -2.13. The summed E-state index contributed by atoms with van der Waals surface area (Å²) in [5, 5.41) is 3.30. The summed E-state index contributed by atoms with van der Waals surface area (Å²) in [7, 11) is 1.89. The van der Waals surface area contributed by atoms with Crippen molar-refractivity contribution in [3.8, 4) is 11.1 Å². The Labute approximate surface area is 125 Å².